The van der Waals surface area contributed by atoms with Gasteiger partial charge in [0.05, 0.1) is 5.69 Å². The Hall–Kier alpha value is -2.53. The van der Waals surface area contributed by atoms with Gasteiger partial charge in [0.15, 0.2) is 11.6 Å². The van der Waals surface area contributed by atoms with Crippen LogP contribution in [0.1, 0.15) is 13.3 Å². The van der Waals surface area contributed by atoms with Crippen LogP contribution in [0.5, 0.6) is 0 Å². The highest BCUT2D eigenvalue weighted by molar-refractivity contribution is 7.70. The van der Waals surface area contributed by atoms with Crippen molar-refractivity contribution in [1.82, 2.24) is 5.32 Å². The lowest BCUT2D eigenvalue weighted by molar-refractivity contribution is -0.110. The largest absolute Gasteiger partial charge is 0.356 e. The molecule has 1 atom stereocenters. The zero-order valence-electron chi connectivity index (χ0n) is 16.0. The highest BCUT2D eigenvalue weighted by Gasteiger charge is 2.23. The normalized spacial score (nSPS) is 12.3. The Kier molecular flexibility index (Phi) is 7.08. The molecular formula is C20H23F2N2O3P. The van der Waals surface area contributed by atoms with Gasteiger partial charge in [-0.2, -0.15) is 0 Å². The number of carbonyl (C=O) groups is 2. The first kappa shape index (κ1) is 21.8. The third kappa shape index (κ3) is 4.84. The topological polar surface area (TPSA) is 66.5 Å². The van der Waals surface area contributed by atoms with E-state index in [0.717, 1.165) is 4.90 Å². The summed E-state index contributed by atoms with van der Waals surface area (Å²) in [7, 11) is -2.71. The molecule has 0 aliphatic rings. The van der Waals surface area contributed by atoms with E-state index in [1.54, 1.807) is 44.5 Å². The highest BCUT2D eigenvalue weighted by atomic mass is 31.2. The summed E-state index contributed by atoms with van der Waals surface area (Å²) in [5.41, 5.74) is 0.158. The number of halogens is 2. The van der Waals surface area contributed by atoms with E-state index in [4.69, 9.17) is 0 Å². The summed E-state index contributed by atoms with van der Waals surface area (Å²) in [6.07, 6.45) is 1.34. The summed E-state index contributed by atoms with van der Waals surface area (Å²) in [6, 6.07) is 9.08. The van der Waals surface area contributed by atoms with Crippen molar-refractivity contribution < 1.29 is 22.9 Å². The van der Waals surface area contributed by atoms with E-state index >= 15 is 0 Å². The molecular weight excluding hydrogens is 385 g/mol. The number of rotatable bonds is 9. The molecule has 0 aliphatic heterocycles. The zero-order chi connectivity index (χ0) is 20.9. The molecule has 0 fully saturated rings. The summed E-state index contributed by atoms with van der Waals surface area (Å²) in [5.74, 6) is -2.26. The standard InChI is InChI=1S/C20H23F2N2O3P/c1-14(23-12-25)10-11-24(13-26)17-9-8-16(19(21)20(17)22)15-6-4-5-7-18(15)28(2,3)27/h4-9,12-14H,10-11H2,1-3H3,(H,23,25). The first-order valence-corrected chi connectivity index (χ1v) is 11.4. The fourth-order valence-electron chi connectivity index (χ4n) is 2.90. The number of hydrogen-bond acceptors (Lipinski definition) is 3. The predicted octanol–water partition coefficient (Wildman–Crippen LogP) is 3.37. The molecule has 0 aromatic heterocycles. The second kappa shape index (κ2) is 9.11. The first-order valence-electron chi connectivity index (χ1n) is 8.75. The number of nitrogens with zero attached hydrogens (tertiary/aromatic N) is 1. The Labute approximate surface area is 163 Å². The SMILES string of the molecule is CC(CCN(C=O)c1ccc(-c2ccccc2P(C)(C)=O)c(F)c1F)NC=O. The van der Waals surface area contributed by atoms with Crippen LogP contribution in [-0.2, 0) is 14.2 Å². The molecule has 8 heteroatoms. The monoisotopic (exact) mass is 408 g/mol. The van der Waals surface area contributed by atoms with Gasteiger partial charge in [-0.15, -0.1) is 0 Å². The third-order valence-electron chi connectivity index (χ3n) is 4.43. The fourth-order valence-corrected chi connectivity index (χ4v) is 4.12. The van der Waals surface area contributed by atoms with Crippen LogP contribution in [-0.4, -0.2) is 38.7 Å². The molecule has 0 heterocycles. The molecule has 1 N–H and O–H groups in total. The highest BCUT2D eigenvalue weighted by Crippen LogP contribution is 2.40. The second-order valence-electron chi connectivity index (χ2n) is 6.90. The summed E-state index contributed by atoms with van der Waals surface area (Å²) in [4.78, 5) is 22.9. The smallest absolute Gasteiger partial charge is 0.214 e. The van der Waals surface area contributed by atoms with Crippen molar-refractivity contribution in [2.24, 2.45) is 0 Å². The minimum Gasteiger partial charge on any atom is -0.356 e. The maximum absolute atomic E-state index is 14.9. The Morgan fingerprint density at radius 3 is 2.36 bits per heavy atom. The van der Waals surface area contributed by atoms with Crippen LogP contribution in [0.25, 0.3) is 11.1 Å². The maximum atomic E-state index is 14.9. The lowest BCUT2D eigenvalue weighted by Gasteiger charge is -2.21. The van der Waals surface area contributed by atoms with Gasteiger partial charge in [0.2, 0.25) is 12.8 Å². The molecule has 1 unspecified atom stereocenters. The van der Waals surface area contributed by atoms with E-state index < -0.39 is 18.8 Å². The summed E-state index contributed by atoms with van der Waals surface area (Å²) in [5, 5.41) is 3.00. The Balaban J connectivity index is 2.42. The molecule has 2 aromatic rings. The predicted molar refractivity (Wildman–Crippen MR) is 108 cm³/mol. The van der Waals surface area contributed by atoms with E-state index in [9.17, 15) is 22.9 Å². The summed E-state index contributed by atoms with van der Waals surface area (Å²) >= 11 is 0. The average molecular weight is 408 g/mol. The number of anilines is 1. The molecule has 0 saturated carbocycles. The second-order valence-corrected chi connectivity index (χ2v) is 10.1. The summed E-state index contributed by atoms with van der Waals surface area (Å²) < 4.78 is 42.2. The Bertz CT molecular complexity index is 914. The van der Waals surface area contributed by atoms with Gasteiger partial charge in [-0.25, -0.2) is 8.78 Å². The number of nitrogens with one attached hydrogen (secondary N) is 1. The van der Waals surface area contributed by atoms with E-state index in [0.29, 0.717) is 30.1 Å². The van der Waals surface area contributed by atoms with Crippen molar-refractivity contribution in [3.05, 3.63) is 48.0 Å². The number of hydrogen-bond donors (Lipinski definition) is 1. The fraction of sp³-hybridized carbons (Fsp3) is 0.300. The van der Waals surface area contributed by atoms with Gasteiger partial charge in [0, 0.05) is 23.5 Å². The van der Waals surface area contributed by atoms with Crippen LogP contribution in [0.4, 0.5) is 14.5 Å². The van der Waals surface area contributed by atoms with E-state index in [1.807, 2.05) is 0 Å². The van der Waals surface area contributed by atoms with Crippen LogP contribution >= 0.6 is 7.14 Å². The molecule has 0 spiro atoms. The average Bonchev–Trinajstić information content (AvgIpc) is 2.65. The van der Waals surface area contributed by atoms with Crippen molar-refractivity contribution in [1.29, 1.82) is 0 Å². The van der Waals surface area contributed by atoms with Gasteiger partial charge in [-0.05, 0) is 44.4 Å². The minimum absolute atomic E-state index is 0.0115. The Morgan fingerprint density at radius 2 is 1.75 bits per heavy atom. The van der Waals surface area contributed by atoms with Crippen LogP contribution in [0.2, 0.25) is 0 Å². The van der Waals surface area contributed by atoms with Crippen LogP contribution in [0.15, 0.2) is 36.4 Å². The van der Waals surface area contributed by atoms with Crippen molar-refractivity contribution >= 4 is 31.0 Å². The number of amides is 2. The molecule has 2 rings (SSSR count). The van der Waals surface area contributed by atoms with Crippen LogP contribution < -0.4 is 15.5 Å². The third-order valence-corrected chi connectivity index (χ3v) is 5.98. The van der Waals surface area contributed by atoms with Gasteiger partial charge < -0.3 is 14.8 Å². The van der Waals surface area contributed by atoms with Crippen molar-refractivity contribution in [3.63, 3.8) is 0 Å². The molecule has 28 heavy (non-hydrogen) atoms. The summed E-state index contributed by atoms with van der Waals surface area (Å²) in [6.45, 7) is 4.98. The van der Waals surface area contributed by atoms with Crippen molar-refractivity contribution in [2.45, 2.75) is 19.4 Å². The maximum Gasteiger partial charge on any atom is 0.214 e. The van der Waals surface area contributed by atoms with E-state index in [-0.39, 0.29) is 23.8 Å². The number of benzene rings is 2. The number of carbonyl (C=O) groups excluding carboxylic acids is 2. The molecule has 0 radical (unpaired) electrons. The lowest BCUT2D eigenvalue weighted by atomic mass is 10.0. The van der Waals surface area contributed by atoms with Gasteiger partial charge >= 0.3 is 0 Å². The Morgan fingerprint density at radius 1 is 1.07 bits per heavy atom. The minimum atomic E-state index is -2.71. The molecule has 150 valence electrons. The van der Waals surface area contributed by atoms with E-state index in [2.05, 4.69) is 5.32 Å². The van der Waals surface area contributed by atoms with Gasteiger partial charge in [0.25, 0.3) is 0 Å². The molecule has 2 aromatic carbocycles. The molecule has 2 amide bonds. The molecule has 0 bridgehead atoms. The van der Waals surface area contributed by atoms with Gasteiger partial charge in [-0.3, -0.25) is 9.59 Å². The van der Waals surface area contributed by atoms with Crippen molar-refractivity contribution in [3.8, 4) is 11.1 Å². The van der Waals surface area contributed by atoms with E-state index in [1.165, 1.54) is 12.1 Å². The van der Waals surface area contributed by atoms with Gasteiger partial charge in [0.1, 0.15) is 7.14 Å². The quantitative estimate of drug-likeness (QED) is 0.511. The molecule has 5 nitrogen and oxygen atoms in total. The zero-order valence-corrected chi connectivity index (χ0v) is 16.9. The molecule has 0 aliphatic carbocycles. The van der Waals surface area contributed by atoms with Crippen LogP contribution in [0, 0.1) is 11.6 Å². The van der Waals surface area contributed by atoms with Crippen LogP contribution in [0.3, 0.4) is 0 Å². The molecule has 0 saturated heterocycles. The van der Waals surface area contributed by atoms with Gasteiger partial charge in [-0.1, -0.05) is 24.3 Å². The lowest BCUT2D eigenvalue weighted by Crippen LogP contribution is -2.31. The first-order chi connectivity index (χ1) is 13.2. The van der Waals surface area contributed by atoms with Crippen molar-refractivity contribution in [2.75, 3.05) is 24.8 Å².